The van der Waals surface area contributed by atoms with E-state index in [4.69, 9.17) is 9.47 Å². The molecule has 1 aromatic carbocycles. The predicted molar refractivity (Wildman–Crippen MR) is 129 cm³/mol. The van der Waals surface area contributed by atoms with E-state index in [9.17, 15) is 13.2 Å². The lowest BCUT2D eigenvalue weighted by Gasteiger charge is -2.27. The summed E-state index contributed by atoms with van der Waals surface area (Å²) >= 11 is 0. The Kier molecular flexibility index (Phi) is 6.41. The standard InChI is InChI=1S/C24H27N5O5S/c1-28-13-18(12-26-28)17-9-22-23(25-11-17)6-4-16-3-5-19(10-21(16)24(22)30)27-35(31,32)29(2)14-20-15-33-7-8-34-20/h3,5,9-13,20,27H,4,6-8,14-15H2,1-2H3/t20-/m0/s1. The molecule has 1 fully saturated rings. The minimum atomic E-state index is -3.85. The van der Waals surface area contributed by atoms with Gasteiger partial charge in [-0.15, -0.1) is 0 Å². The number of nitrogens with zero attached hydrogens (tertiary/aromatic N) is 4. The van der Waals surface area contributed by atoms with Crippen LogP contribution in [-0.4, -0.2) is 72.8 Å². The summed E-state index contributed by atoms with van der Waals surface area (Å²) in [4.78, 5) is 18.1. The van der Waals surface area contributed by atoms with Crippen molar-refractivity contribution in [1.29, 1.82) is 0 Å². The Morgan fingerprint density at radius 1 is 1.14 bits per heavy atom. The minimum Gasteiger partial charge on any atom is -0.376 e. The Morgan fingerprint density at radius 3 is 2.74 bits per heavy atom. The highest BCUT2D eigenvalue weighted by atomic mass is 32.2. The summed E-state index contributed by atoms with van der Waals surface area (Å²) in [5, 5.41) is 4.20. The molecule has 10 nitrogen and oxygen atoms in total. The molecule has 5 rings (SSSR count). The van der Waals surface area contributed by atoms with Crippen LogP contribution in [0.25, 0.3) is 11.1 Å². The summed E-state index contributed by atoms with van der Waals surface area (Å²) in [5.41, 5.74) is 4.59. The second kappa shape index (κ2) is 9.50. The summed E-state index contributed by atoms with van der Waals surface area (Å²) in [6.07, 6.45) is 6.30. The molecule has 3 aromatic rings. The molecule has 2 aliphatic rings. The van der Waals surface area contributed by atoms with Crippen molar-refractivity contribution in [1.82, 2.24) is 19.1 Å². The number of ether oxygens (including phenoxy) is 2. The van der Waals surface area contributed by atoms with Crippen molar-refractivity contribution in [3.63, 3.8) is 0 Å². The number of fused-ring (bicyclic) bond motifs is 2. The maximum absolute atomic E-state index is 13.6. The molecule has 0 bridgehead atoms. The molecule has 11 heteroatoms. The van der Waals surface area contributed by atoms with Crippen molar-refractivity contribution in [2.45, 2.75) is 18.9 Å². The molecule has 0 saturated carbocycles. The van der Waals surface area contributed by atoms with Gasteiger partial charge in [-0.3, -0.25) is 19.2 Å². The van der Waals surface area contributed by atoms with Crippen molar-refractivity contribution in [2.24, 2.45) is 7.05 Å². The molecule has 0 amide bonds. The van der Waals surface area contributed by atoms with Crippen LogP contribution in [0.5, 0.6) is 0 Å². The van der Waals surface area contributed by atoms with Gasteiger partial charge < -0.3 is 9.47 Å². The molecule has 0 radical (unpaired) electrons. The number of carbonyl (C=O) groups excluding carboxylic acids is 1. The van der Waals surface area contributed by atoms with Crippen LogP contribution in [0.2, 0.25) is 0 Å². The number of nitrogens with one attached hydrogen (secondary N) is 1. The maximum Gasteiger partial charge on any atom is 0.301 e. The van der Waals surface area contributed by atoms with Crippen molar-refractivity contribution in [3.05, 3.63) is 65.2 Å². The largest absolute Gasteiger partial charge is 0.376 e. The quantitative estimate of drug-likeness (QED) is 0.552. The minimum absolute atomic E-state index is 0.162. The fraction of sp³-hybridized carbons (Fsp3) is 0.375. The van der Waals surface area contributed by atoms with E-state index in [2.05, 4.69) is 14.8 Å². The first-order chi connectivity index (χ1) is 16.8. The van der Waals surface area contributed by atoms with Gasteiger partial charge in [0.1, 0.15) is 0 Å². The first kappa shape index (κ1) is 23.6. The fourth-order valence-electron chi connectivity index (χ4n) is 4.34. The summed E-state index contributed by atoms with van der Waals surface area (Å²) in [7, 11) is -0.538. The third kappa shape index (κ3) is 4.98. The van der Waals surface area contributed by atoms with Gasteiger partial charge in [-0.25, -0.2) is 0 Å². The number of hydrogen-bond acceptors (Lipinski definition) is 7. The lowest BCUT2D eigenvalue weighted by molar-refractivity contribution is -0.0908. The Labute approximate surface area is 204 Å². The summed E-state index contributed by atoms with van der Waals surface area (Å²) in [6, 6.07) is 6.93. The van der Waals surface area contributed by atoms with Gasteiger partial charge in [0.2, 0.25) is 0 Å². The van der Waals surface area contributed by atoms with Gasteiger partial charge in [-0.1, -0.05) is 6.07 Å². The van der Waals surface area contributed by atoms with Crippen molar-refractivity contribution >= 4 is 21.7 Å². The zero-order valence-corrected chi connectivity index (χ0v) is 20.4. The topological polar surface area (TPSA) is 116 Å². The second-order valence-electron chi connectivity index (χ2n) is 8.78. The third-order valence-electron chi connectivity index (χ3n) is 6.24. The van der Waals surface area contributed by atoms with Crippen LogP contribution in [0.1, 0.15) is 27.2 Å². The molecule has 2 aromatic heterocycles. The van der Waals surface area contributed by atoms with Crippen molar-refractivity contribution in [3.8, 4) is 11.1 Å². The van der Waals surface area contributed by atoms with Crippen LogP contribution in [0.15, 0.2) is 42.9 Å². The number of carbonyl (C=O) groups is 1. The van der Waals surface area contributed by atoms with Crippen molar-refractivity contribution < 1.29 is 22.7 Å². The van der Waals surface area contributed by atoms with E-state index in [1.165, 1.54) is 11.4 Å². The van der Waals surface area contributed by atoms with Gasteiger partial charge in [0.15, 0.2) is 5.78 Å². The smallest absolute Gasteiger partial charge is 0.301 e. The number of benzene rings is 1. The zero-order valence-electron chi connectivity index (χ0n) is 19.6. The third-order valence-corrected chi connectivity index (χ3v) is 7.70. The second-order valence-corrected chi connectivity index (χ2v) is 10.6. The number of hydrogen-bond donors (Lipinski definition) is 1. The van der Waals surface area contributed by atoms with Gasteiger partial charge in [0.25, 0.3) is 0 Å². The molecule has 1 atom stereocenters. The zero-order chi connectivity index (χ0) is 24.6. The maximum atomic E-state index is 13.6. The average molecular weight is 498 g/mol. The van der Waals surface area contributed by atoms with Gasteiger partial charge in [0, 0.05) is 55.3 Å². The van der Waals surface area contributed by atoms with Gasteiger partial charge >= 0.3 is 10.2 Å². The SMILES string of the molecule is CN(C[C@H]1COCCO1)S(=O)(=O)Nc1ccc2c(c1)C(=O)c1cc(-c3cnn(C)c3)cnc1CC2. The van der Waals surface area contributed by atoms with E-state index in [0.29, 0.717) is 49.5 Å². The fourth-order valence-corrected chi connectivity index (χ4v) is 5.28. The van der Waals surface area contributed by atoms with E-state index in [0.717, 1.165) is 22.4 Å². The first-order valence-corrected chi connectivity index (χ1v) is 12.8. The summed E-state index contributed by atoms with van der Waals surface area (Å²) in [5.74, 6) is -0.173. The number of likely N-dealkylation sites (N-methyl/N-ethyl adjacent to an activating group) is 1. The number of aryl methyl sites for hydroxylation is 3. The lowest BCUT2D eigenvalue weighted by Crippen LogP contribution is -2.42. The highest BCUT2D eigenvalue weighted by Gasteiger charge is 2.26. The molecule has 0 unspecified atom stereocenters. The predicted octanol–water partition coefficient (Wildman–Crippen LogP) is 1.82. The molecule has 3 heterocycles. The molecule has 1 N–H and O–H groups in total. The molecule has 0 spiro atoms. The first-order valence-electron chi connectivity index (χ1n) is 11.4. The van der Waals surface area contributed by atoms with Crippen LogP contribution in [0.4, 0.5) is 5.69 Å². The number of rotatable bonds is 6. The number of anilines is 1. The molecule has 1 aliphatic heterocycles. The Bertz CT molecular complexity index is 1360. The number of pyridine rings is 1. The van der Waals surface area contributed by atoms with Crippen LogP contribution >= 0.6 is 0 Å². The van der Waals surface area contributed by atoms with Crippen molar-refractivity contribution in [2.75, 3.05) is 38.1 Å². The Hall–Kier alpha value is -3.12. The van der Waals surface area contributed by atoms with E-state index in [1.807, 2.05) is 19.3 Å². The van der Waals surface area contributed by atoms with Gasteiger partial charge in [-0.2, -0.15) is 17.8 Å². The Morgan fingerprint density at radius 2 is 2.00 bits per heavy atom. The van der Waals surface area contributed by atoms with Gasteiger partial charge in [-0.05, 0) is 36.6 Å². The van der Waals surface area contributed by atoms with Crippen LogP contribution in [0.3, 0.4) is 0 Å². The van der Waals surface area contributed by atoms with Gasteiger partial charge in [0.05, 0.1) is 43.5 Å². The monoisotopic (exact) mass is 497 g/mol. The molecule has 35 heavy (non-hydrogen) atoms. The Balaban J connectivity index is 1.39. The normalized spacial score (nSPS) is 18.1. The molecular weight excluding hydrogens is 470 g/mol. The lowest BCUT2D eigenvalue weighted by atomic mass is 9.98. The molecule has 184 valence electrons. The van der Waals surface area contributed by atoms with Crippen LogP contribution < -0.4 is 4.72 Å². The highest BCUT2D eigenvalue weighted by Crippen LogP contribution is 2.29. The highest BCUT2D eigenvalue weighted by molar-refractivity contribution is 7.90. The van der Waals surface area contributed by atoms with E-state index < -0.39 is 10.2 Å². The summed E-state index contributed by atoms with van der Waals surface area (Å²) in [6.45, 7) is 1.46. The van der Waals surface area contributed by atoms with E-state index in [1.54, 1.807) is 35.3 Å². The molecule has 1 aliphatic carbocycles. The van der Waals surface area contributed by atoms with E-state index in [-0.39, 0.29) is 18.4 Å². The van der Waals surface area contributed by atoms with Crippen LogP contribution in [-0.2, 0) is 39.6 Å². The molecule has 1 saturated heterocycles. The average Bonchev–Trinajstić information content (AvgIpc) is 3.23. The summed E-state index contributed by atoms with van der Waals surface area (Å²) < 4.78 is 42.2. The van der Waals surface area contributed by atoms with Crippen LogP contribution in [0, 0.1) is 0 Å². The van der Waals surface area contributed by atoms with E-state index >= 15 is 0 Å². The molecular formula is C24H27N5O5S. The number of aromatic nitrogens is 3. The number of ketones is 1.